The fourth-order valence-electron chi connectivity index (χ4n) is 5.04. The number of anilines is 1. The summed E-state index contributed by atoms with van der Waals surface area (Å²) in [5, 5.41) is 13.7. The third-order valence-corrected chi connectivity index (χ3v) is 7.02. The Kier molecular flexibility index (Phi) is 7.52. The molecule has 190 valence electrons. The van der Waals surface area contributed by atoms with Crippen molar-refractivity contribution in [2.75, 3.05) is 44.2 Å². The second-order valence-corrected chi connectivity index (χ2v) is 9.45. The lowest BCUT2D eigenvalue weighted by atomic mass is 10.1. The van der Waals surface area contributed by atoms with Gasteiger partial charge in [0, 0.05) is 67.7 Å². The van der Waals surface area contributed by atoms with Gasteiger partial charge in [0.1, 0.15) is 18.2 Å². The number of para-hydroxylation sites is 2. The second-order valence-electron chi connectivity index (χ2n) is 9.45. The zero-order chi connectivity index (χ0) is 25.6. The molecule has 1 aromatic heterocycles. The van der Waals surface area contributed by atoms with E-state index in [0.29, 0.717) is 19.6 Å². The van der Waals surface area contributed by atoms with Crippen molar-refractivity contribution in [3.05, 3.63) is 71.9 Å². The van der Waals surface area contributed by atoms with Gasteiger partial charge < -0.3 is 24.4 Å². The van der Waals surface area contributed by atoms with Crippen LogP contribution < -0.4 is 10.2 Å². The standard InChI is InChI=1S/C29H31N5O3/c30-18-22(29(36)33-14-12-32(13-15-33)24-7-2-1-3-8-24)17-23-20-34(27-11-5-4-10-26(23)27)21-28(35)31-19-25-9-6-16-37-25/h1-5,7-8,10-11,17,20,25H,6,9,12-16,19,21H2,(H,31,35)/b22-17+/t25-/m1/s1. The third kappa shape index (κ3) is 5.68. The lowest BCUT2D eigenvalue weighted by Crippen LogP contribution is -2.49. The van der Waals surface area contributed by atoms with E-state index in [1.807, 2.05) is 53.2 Å². The number of carbonyl (C=O) groups excluding carboxylic acids is 2. The molecule has 3 heterocycles. The van der Waals surface area contributed by atoms with Crippen molar-refractivity contribution in [1.82, 2.24) is 14.8 Å². The van der Waals surface area contributed by atoms with Crippen LogP contribution in [0.25, 0.3) is 17.0 Å². The highest BCUT2D eigenvalue weighted by Crippen LogP contribution is 2.25. The summed E-state index contributed by atoms with van der Waals surface area (Å²) in [4.78, 5) is 29.9. The zero-order valence-corrected chi connectivity index (χ0v) is 20.8. The number of nitrogens with zero attached hydrogens (tertiary/aromatic N) is 4. The summed E-state index contributed by atoms with van der Waals surface area (Å²) in [6.45, 7) is 3.96. The molecule has 2 aliphatic heterocycles. The summed E-state index contributed by atoms with van der Waals surface area (Å²) in [5.41, 5.74) is 2.86. The Balaban J connectivity index is 1.29. The maximum absolute atomic E-state index is 13.2. The SMILES string of the molecule is N#C/C(=C\c1cn(CC(=O)NC[C@H]2CCCO2)c2ccccc12)C(=O)N1CCN(c2ccccc2)CC1. The van der Waals surface area contributed by atoms with Crippen LogP contribution in [0.3, 0.4) is 0 Å². The van der Waals surface area contributed by atoms with Gasteiger partial charge in [0.05, 0.1) is 6.10 Å². The lowest BCUT2D eigenvalue weighted by molar-refractivity contribution is -0.127. The first-order chi connectivity index (χ1) is 18.1. The maximum Gasteiger partial charge on any atom is 0.264 e. The van der Waals surface area contributed by atoms with Crippen LogP contribution in [0.1, 0.15) is 18.4 Å². The minimum Gasteiger partial charge on any atom is -0.376 e. The van der Waals surface area contributed by atoms with Crippen LogP contribution in [0.4, 0.5) is 5.69 Å². The van der Waals surface area contributed by atoms with Gasteiger partial charge in [0.25, 0.3) is 5.91 Å². The zero-order valence-electron chi connectivity index (χ0n) is 20.8. The van der Waals surface area contributed by atoms with E-state index in [4.69, 9.17) is 4.74 Å². The Labute approximate surface area is 216 Å². The Morgan fingerprint density at radius 1 is 1.05 bits per heavy atom. The minimum absolute atomic E-state index is 0.0857. The summed E-state index contributed by atoms with van der Waals surface area (Å²) < 4.78 is 7.45. The van der Waals surface area contributed by atoms with Crippen molar-refractivity contribution in [1.29, 1.82) is 5.26 Å². The summed E-state index contributed by atoms with van der Waals surface area (Å²) >= 11 is 0. The van der Waals surface area contributed by atoms with Crippen LogP contribution in [-0.2, 0) is 20.9 Å². The summed E-state index contributed by atoms with van der Waals surface area (Å²) in [6.07, 6.45) is 5.57. The third-order valence-electron chi connectivity index (χ3n) is 7.02. The number of ether oxygens (including phenoxy) is 1. The molecular weight excluding hydrogens is 466 g/mol. The molecule has 1 N–H and O–H groups in total. The number of hydrogen-bond acceptors (Lipinski definition) is 5. The van der Waals surface area contributed by atoms with Crippen LogP contribution >= 0.6 is 0 Å². The molecule has 5 rings (SSSR count). The predicted octanol–water partition coefficient (Wildman–Crippen LogP) is 3.19. The van der Waals surface area contributed by atoms with Gasteiger partial charge in [-0.1, -0.05) is 36.4 Å². The molecule has 2 fully saturated rings. The number of piperazine rings is 1. The first-order valence-electron chi connectivity index (χ1n) is 12.8. The molecule has 0 radical (unpaired) electrons. The quantitative estimate of drug-likeness (QED) is 0.400. The predicted molar refractivity (Wildman–Crippen MR) is 143 cm³/mol. The molecule has 0 aliphatic carbocycles. The number of fused-ring (bicyclic) bond motifs is 1. The molecule has 2 aliphatic rings. The van der Waals surface area contributed by atoms with Gasteiger partial charge in [-0.15, -0.1) is 0 Å². The average molecular weight is 498 g/mol. The lowest BCUT2D eigenvalue weighted by Gasteiger charge is -2.36. The van der Waals surface area contributed by atoms with Crippen LogP contribution in [0.15, 0.2) is 66.4 Å². The molecule has 0 saturated carbocycles. The van der Waals surface area contributed by atoms with Crippen molar-refractivity contribution >= 4 is 34.5 Å². The minimum atomic E-state index is -0.263. The highest BCUT2D eigenvalue weighted by molar-refractivity contribution is 6.04. The average Bonchev–Trinajstić information content (AvgIpc) is 3.59. The summed E-state index contributed by atoms with van der Waals surface area (Å²) in [5.74, 6) is -0.360. The van der Waals surface area contributed by atoms with E-state index in [9.17, 15) is 14.9 Å². The van der Waals surface area contributed by atoms with Crippen molar-refractivity contribution < 1.29 is 14.3 Å². The van der Waals surface area contributed by atoms with Crippen molar-refractivity contribution in [2.45, 2.75) is 25.5 Å². The van der Waals surface area contributed by atoms with Gasteiger partial charge in [-0.2, -0.15) is 5.26 Å². The van der Waals surface area contributed by atoms with Crippen LogP contribution in [-0.4, -0.2) is 66.7 Å². The number of amides is 2. The molecule has 2 saturated heterocycles. The van der Waals surface area contributed by atoms with E-state index in [-0.39, 0.29) is 30.0 Å². The van der Waals surface area contributed by atoms with Gasteiger partial charge in [0.15, 0.2) is 0 Å². The Morgan fingerprint density at radius 3 is 2.54 bits per heavy atom. The van der Waals surface area contributed by atoms with E-state index in [0.717, 1.165) is 54.7 Å². The number of aromatic nitrogens is 1. The Morgan fingerprint density at radius 2 is 1.81 bits per heavy atom. The van der Waals surface area contributed by atoms with Gasteiger partial charge in [0.2, 0.25) is 5.91 Å². The van der Waals surface area contributed by atoms with Crippen LogP contribution in [0.2, 0.25) is 0 Å². The summed E-state index contributed by atoms with van der Waals surface area (Å²) in [6, 6.07) is 20.0. The first-order valence-corrected chi connectivity index (χ1v) is 12.8. The van der Waals surface area contributed by atoms with Gasteiger partial charge in [-0.3, -0.25) is 9.59 Å². The highest BCUT2D eigenvalue weighted by Gasteiger charge is 2.24. The maximum atomic E-state index is 13.2. The Hall–Kier alpha value is -4.09. The van der Waals surface area contributed by atoms with Crippen molar-refractivity contribution in [3.63, 3.8) is 0 Å². The molecule has 8 heteroatoms. The topological polar surface area (TPSA) is 90.6 Å². The Bertz CT molecular complexity index is 1330. The molecule has 0 unspecified atom stereocenters. The highest BCUT2D eigenvalue weighted by atomic mass is 16.5. The van der Waals surface area contributed by atoms with Crippen molar-refractivity contribution in [2.24, 2.45) is 0 Å². The normalized spacial score (nSPS) is 18.1. The number of rotatable bonds is 7. The fraction of sp³-hybridized carbons (Fsp3) is 0.345. The smallest absolute Gasteiger partial charge is 0.264 e. The molecule has 3 aromatic rings. The number of nitrogens with one attached hydrogen (secondary N) is 1. The van der Waals surface area contributed by atoms with Gasteiger partial charge in [-0.05, 0) is 37.1 Å². The number of benzene rings is 2. The van der Waals surface area contributed by atoms with Crippen LogP contribution in [0.5, 0.6) is 0 Å². The van der Waals surface area contributed by atoms with E-state index in [1.165, 1.54) is 0 Å². The molecule has 0 spiro atoms. The van der Waals surface area contributed by atoms with E-state index in [2.05, 4.69) is 28.4 Å². The number of hydrogen-bond donors (Lipinski definition) is 1. The van der Waals surface area contributed by atoms with Crippen molar-refractivity contribution in [3.8, 4) is 6.07 Å². The first kappa shape index (κ1) is 24.6. The van der Waals surface area contributed by atoms with Crippen LogP contribution in [0, 0.1) is 11.3 Å². The molecule has 2 amide bonds. The van der Waals surface area contributed by atoms with E-state index >= 15 is 0 Å². The largest absolute Gasteiger partial charge is 0.376 e. The molecule has 8 nitrogen and oxygen atoms in total. The molecule has 0 bridgehead atoms. The molecule has 2 aromatic carbocycles. The molecular formula is C29H31N5O3. The number of nitriles is 1. The van der Waals surface area contributed by atoms with Gasteiger partial charge >= 0.3 is 0 Å². The summed E-state index contributed by atoms with van der Waals surface area (Å²) in [7, 11) is 0. The monoisotopic (exact) mass is 497 g/mol. The second kappa shape index (κ2) is 11.3. The number of carbonyl (C=O) groups is 2. The fourth-order valence-corrected chi connectivity index (χ4v) is 5.04. The van der Waals surface area contributed by atoms with E-state index in [1.54, 1.807) is 11.0 Å². The van der Waals surface area contributed by atoms with E-state index < -0.39 is 0 Å². The van der Waals surface area contributed by atoms with Gasteiger partial charge in [-0.25, -0.2) is 0 Å². The molecule has 37 heavy (non-hydrogen) atoms. The molecule has 1 atom stereocenters.